The summed E-state index contributed by atoms with van der Waals surface area (Å²) in [4.78, 5) is 11.1. The molecule has 0 saturated carbocycles. The van der Waals surface area contributed by atoms with E-state index in [1.165, 1.54) is 18.2 Å². The Labute approximate surface area is 90.0 Å². The minimum atomic E-state index is -4.44. The number of halogens is 3. The van der Waals surface area contributed by atoms with Gasteiger partial charge in [0.1, 0.15) is 12.0 Å². The molecule has 5 heteroatoms. The molecular formula is C11H9F3O2. The number of carbonyl (C=O) groups is 1. The molecule has 1 aliphatic heterocycles. The van der Waals surface area contributed by atoms with Crippen molar-refractivity contribution in [3.8, 4) is 0 Å². The molecule has 1 aromatic carbocycles. The standard InChI is InChI=1S/C11H9F3O2/c1-6-9(10(15)16-6)7-4-2-3-5-8(7)11(12,13)14/h2-6,9H,1H3/t6-,9+/m1/s1. The number of hydrogen-bond acceptors (Lipinski definition) is 2. The minimum absolute atomic E-state index is 0.00116. The zero-order valence-corrected chi connectivity index (χ0v) is 8.41. The van der Waals surface area contributed by atoms with E-state index in [-0.39, 0.29) is 5.56 Å². The zero-order valence-electron chi connectivity index (χ0n) is 8.41. The van der Waals surface area contributed by atoms with Gasteiger partial charge >= 0.3 is 12.1 Å². The van der Waals surface area contributed by atoms with Crippen LogP contribution in [0.3, 0.4) is 0 Å². The summed E-state index contributed by atoms with van der Waals surface area (Å²) < 4.78 is 42.7. The molecule has 0 aromatic heterocycles. The van der Waals surface area contributed by atoms with Crippen LogP contribution in [0, 0.1) is 0 Å². The van der Waals surface area contributed by atoms with Crippen LogP contribution >= 0.6 is 0 Å². The maximum absolute atomic E-state index is 12.7. The molecule has 1 fully saturated rings. The summed E-state index contributed by atoms with van der Waals surface area (Å²) in [5.74, 6) is -1.39. The Morgan fingerprint density at radius 3 is 2.38 bits per heavy atom. The number of benzene rings is 1. The first-order valence-corrected chi connectivity index (χ1v) is 4.78. The SMILES string of the molecule is C[C@H]1OC(=O)[C@@H]1c1ccccc1C(F)(F)F. The first-order valence-electron chi connectivity index (χ1n) is 4.78. The Kier molecular flexibility index (Phi) is 2.40. The molecule has 1 saturated heterocycles. The molecule has 0 unspecified atom stereocenters. The van der Waals surface area contributed by atoms with Crippen molar-refractivity contribution in [3.63, 3.8) is 0 Å². The fourth-order valence-electron chi connectivity index (χ4n) is 1.85. The van der Waals surface area contributed by atoms with E-state index in [0.717, 1.165) is 6.07 Å². The van der Waals surface area contributed by atoms with Crippen LogP contribution < -0.4 is 0 Å². The van der Waals surface area contributed by atoms with Crippen LogP contribution in [0.2, 0.25) is 0 Å². The van der Waals surface area contributed by atoms with Gasteiger partial charge in [0, 0.05) is 0 Å². The predicted octanol–water partition coefficient (Wildman–Crippen LogP) is 2.73. The molecule has 16 heavy (non-hydrogen) atoms. The molecule has 0 N–H and O–H groups in total. The number of rotatable bonds is 1. The Morgan fingerprint density at radius 1 is 1.25 bits per heavy atom. The molecule has 0 spiro atoms. The van der Waals surface area contributed by atoms with Crippen LogP contribution in [0.4, 0.5) is 13.2 Å². The largest absolute Gasteiger partial charge is 0.461 e. The van der Waals surface area contributed by atoms with Gasteiger partial charge in [-0.05, 0) is 18.6 Å². The van der Waals surface area contributed by atoms with Gasteiger partial charge in [-0.15, -0.1) is 0 Å². The van der Waals surface area contributed by atoms with Crippen LogP contribution in [-0.4, -0.2) is 12.1 Å². The van der Waals surface area contributed by atoms with E-state index in [4.69, 9.17) is 0 Å². The molecule has 2 nitrogen and oxygen atoms in total. The van der Waals surface area contributed by atoms with E-state index in [1.807, 2.05) is 0 Å². The van der Waals surface area contributed by atoms with Gasteiger partial charge in [0.2, 0.25) is 0 Å². The summed E-state index contributed by atoms with van der Waals surface area (Å²) in [5.41, 5.74) is -0.762. The van der Waals surface area contributed by atoms with Crippen LogP contribution in [0.15, 0.2) is 24.3 Å². The Morgan fingerprint density at radius 2 is 1.88 bits per heavy atom. The van der Waals surface area contributed by atoms with Gasteiger partial charge in [-0.1, -0.05) is 18.2 Å². The molecule has 0 aliphatic carbocycles. The molecule has 1 aliphatic rings. The van der Waals surface area contributed by atoms with Gasteiger partial charge in [-0.2, -0.15) is 13.2 Å². The average molecular weight is 230 g/mol. The third kappa shape index (κ3) is 1.66. The molecule has 1 heterocycles. The van der Waals surface area contributed by atoms with Gasteiger partial charge in [0.05, 0.1) is 5.56 Å². The van der Waals surface area contributed by atoms with E-state index in [0.29, 0.717) is 0 Å². The van der Waals surface area contributed by atoms with Gasteiger partial charge in [-0.25, -0.2) is 0 Å². The molecular weight excluding hydrogens is 221 g/mol. The van der Waals surface area contributed by atoms with Crippen molar-refractivity contribution in [2.24, 2.45) is 0 Å². The first kappa shape index (κ1) is 11.0. The quantitative estimate of drug-likeness (QED) is 0.693. The summed E-state index contributed by atoms with van der Waals surface area (Å²) in [6.45, 7) is 1.58. The number of carbonyl (C=O) groups excluding carboxylic acids is 1. The highest BCUT2D eigenvalue weighted by atomic mass is 19.4. The average Bonchev–Trinajstić information content (AvgIpc) is 2.16. The van der Waals surface area contributed by atoms with Crippen LogP contribution in [-0.2, 0) is 15.7 Å². The minimum Gasteiger partial charge on any atom is -0.461 e. The maximum atomic E-state index is 12.7. The van der Waals surface area contributed by atoms with E-state index < -0.39 is 29.7 Å². The van der Waals surface area contributed by atoms with E-state index in [9.17, 15) is 18.0 Å². The van der Waals surface area contributed by atoms with Gasteiger partial charge < -0.3 is 4.74 Å². The summed E-state index contributed by atoms with van der Waals surface area (Å²) in [6.07, 6.45) is -4.93. The highest BCUT2D eigenvalue weighted by Crippen LogP contribution is 2.40. The summed E-state index contributed by atoms with van der Waals surface area (Å²) in [5, 5.41) is 0. The van der Waals surface area contributed by atoms with E-state index >= 15 is 0 Å². The normalized spacial score (nSPS) is 24.9. The van der Waals surface area contributed by atoms with E-state index in [1.54, 1.807) is 6.92 Å². The highest BCUT2D eigenvalue weighted by molar-refractivity contribution is 5.84. The van der Waals surface area contributed by atoms with Crippen LogP contribution in [0.5, 0.6) is 0 Å². The first-order chi connectivity index (χ1) is 7.41. The van der Waals surface area contributed by atoms with Crippen molar-refractivity contribution in [2.75, 3.05) is 0 Å². The number of esters is 1. The van der Waals surface area contributed by atoms with Gasteiger partial charge in [-0.3, -0.25) is 4.79 Å². The lowest BCUT2D eigenvalue weighted by Crippen LogP contribution is -2.41. The predicted molar refractivity (Wildman–Crippen MR) is 49.7 cm³/mol. The lowest BCUT2D eigenvalue weighted by Gasteiger charge is -2.34. The molecule has 1 aromatic rings. The molecule has 0 radical (unpaired) electrons. The zero-order chi connectivity index (χ0) is 11.9. The fourth-order valence-corrected chi connectivity index (χ4v) is 1.85. The number of alkyl halides is 3. The highest BCUT2D eigenvalue weighted by Gasteiger charge is 2.45. The Hall–Kier alpha value is -1.52. The van der Waals surface area contributed by atoms with E-state index in [2.05, 4.69) is 4.74 Å². The summed E-state index contributed by atoms with van der Waals surface area (Å²) >= 11 is 0. The van der Waals surface area contributed by atoms with Crippen LogP contribution in [0.1, 0.15) is 24.0 Å². The molecule has 2 atom stereocenters. The number of hydrogen-bond donors (Lipinski definition) is 0. The smallest absolute Gasteiger partial charge is 0.416 e. The Bertz CT molecular complexity index is 425. The lowest BCUT2D eigenvalue weighted by molar-refractivity contribution is -0.173. The molecule has 2 rings (SSSR count). The lowest BCUT2D eigenvalue weighted by atomic mass is 9.86. The van der Waals surface area contributed by atoms with Crippen molar-refractivity contribution in [1.29, 1.82) is 0 Å². The summed E-state index contributed by atoms with van der Waals surface area (Å²) in [7, 11) is 0. The second kappa shape index (κ2) is 3.50. The topological polar surface area (TPSA) is 26.3 Å². The van der Waals surface area contributed by atoms with Crippen molar-refractivity contribution in [1.82, 2.24) is 0 Å². The number of cyclic esters (lactones) is 1. The van der Waals surface area contributed by atoms with Crippen molar-refractivity contribution in [3.05, 3.63) is 35.4 Å². The molecule has 86 valence electrons. The number of ether oxygens (including phenoxy) is 1. The maximum Gasteiger partial charge on any atom is 0.416 e. The van der Waals surface area contributed by atoms with Gasteiger partial charge in [0.15, 0.2) is 0 Å². The molecule has 0 bridgehead atoms. The molecule has 0 amide bonds. The van der Waals surface area contributed by atoms with Crippen molar-refractivity contribution < 1.29 is 22.7 Å². The summed E-state index contributed by atoms with van der Waals surface area (Å²) in [6, 6.07) is 5.10. The fraction of sp³-hybridized carbons (Fsp3) is 0.364. The second-order valence-electron chi connectivity index (χ2n) is 3.70. The monoisotopic (exact) mass is 230 g/mol. The third-order valence-corrected chi connectivity index (χ3v) is 2.63. The third-order valence-electron chi connectivity index (χ3n) is 2.63. The van der Waals surface area contributed by atoms with Crippen molar-refractivity contribution >= 4 is 5.97 Å². The van der Waals surface area contributed by atoms with Gasteiger partial charge in [0.25, 0.3) is 0 Å². The van der Waals surface area contributed by atoms with Crippen LogP contribution in [0.25, 0.3) is 0 Å². The Balaban J connectivity index is 2.45. The van der Waals surface area contributed by atoms with Crippen molar-refractivity contribution in [2.45, 2.75) is 25.1 Å². The second-order valence-corrected chi connectivity index (χ2v) is 3.70.